The molecule has 0 saturated carbocycles. The van der Waals surface area contributed by atoms with E-state index in [1.807, 2.05) is 0 Å². The molecule has 1 saturated heterocycles. The maximum absolute atomic E-state index is 8.86. The van der Waals surface area contributed by atoms with Gasteiger partial charge in [0.25, 0.3) is 0 Å². The first-order valence-electron chi connectivity index (χ1n) is 5.96. The van der Waals surface area contributed by atoms with E-state index in [9.17, 15) is 0 Å². The van der Waals surface area contributed by atoms with Crippen LogP contribution in [0.3, 0.4) is 0 Å². The minimum atomic E-state index is 0.223. The van der Waals surface area contributed by atoms with E-state index in [1.165, 1.54) is 0 Å². The first kappa shape index (κ1) is 12.5. The zero-order valence-corrected chi connectivity index (χ0v) is 10.2. The first-order chi connectivity index (χ1) is 7.11. The maximum Gasteiger partial charge on any atom is 0.0638 e. The van der Waals surface area contributed by atoms with Gasteiger partial charge in [0.2, 0.25) is 0 Å². The van der Waals surface area contributed by atoms with Crippen molar-refractivity contribution in [2.24, 2.45) is 0 Å². The van der Waals surface area contributed by atoms with Gasteiger partial charge >= 0.3 is 0 Å². The van der Waals surface area contributed by atoms with Crippen molar-refractivity contribution in [2.75, 3.05) is 19.6 Å². The molecule has 1 aliphatic heterocycles. The van der Waals surface area contributed by atoms with Gasteiger partial charge in [-0.2, -0.15) is 5.26 Å². The van der Waals surface area contributed by atoms with Crippen molar-refractivity contribution < 1.29 is 0 Å². The summed E-state index contributed by atoms with van der Waals surface area (Å²) in [5.41, 5.74) is 0.223. The third-order valence-electron chi connectivity index (χ3n) is 3.30. The second-order valence-electron chi connectivity index (χ2n) is 4.98. The fourth-order valence-corrected chi connectivity index (χ4v) is 2.42. The summed E-state index contributed by atoms with van der Waals surface area (Å²) >= 11 is 0. The largest absolute Gasteiger partial charge is 0.315 e. The molecule has 86 valence electrons. The third kappa shape index (κ3) is 3.19. The monoisotopic (exact) mass is 209 g/mol. The summed E-state index contributed by atoms with van der Waals surface area (Å²) in [5.74, 6) is 0. The van der Waals surface area contributed by atoms with E-state index in [2.05, 4.69) is 37.1 Å². The van der Waals surface area contributed by atoms with Gasteiger partial charge in [-0.25, -0.2) is 0 Å². The Morgan fingerprint density at radius 2 is 2.27 bits per heavy atom. The Balaban J connectivity index is 2.77. The summed E-state index contributed by atoms with van der Waals surface area (Å²) < 4.78 is 0. The fraction of sp³-hybridized carbons (Fsp3) is 0.917. The summed E-state index contributed by atoms with van der Waals surface area (Å²) in [6.07, 6.45) is 2.96. The van der Waals surface area contributed by atoms with Crippen molar-refractivity contribution >= 4 is 0 Å². The van der Waals surface area contributed by atoms with Crippen LogP contribution in [0.25, 0.3) is 0 Å². The van der Waals surface area contributed by atoms with Crippen LogP contribution in [0.5, 0.6) is 0 Å². The van der Waals surface area contributed by atoms with Crippen LogP contribution in [0, 0.1) is 11.3 Å². The number of nitrogens with one attached hydrogen (secondary N) is 1. The van der Waals surface area contributed by atoms with Crippen LogP contribution in [-0.2, 0) is 0 Å². The van der Waals surface area contributed by atoms with E-state index in [0.717, 1.165) is 32.5 Å². The number of hydrogen-bond acceptors (Lipinski definition) is 3. The highest BCUT2D eigenvalue weighted by Gasteiger charge is 2.33. The zero-order valence-electron chi connectivity index (χ0n) is 10.2. The third-order valence-corrected chi connectivity index (χ3v) is 3.30. The van der Waals surface area contributed by atoms with Crippen molar-refractivity contribution in [3.63, 3.8) is 0 Å². The highest BCUT2D eigenvalue weighted by atomic mass is 15.2. The highest BCUT2D eigenvalue weighted by Crippen LogP contribution is 2.24. The predicted octanol–water partition coefficient (Wildman–Crippen LogP) is 1.75. The van der Waals surface area contributed by atoms with Crippen LogP contribution < -0.4 is 5.32 Å². The van der Waals surface area contributed by atoms with E-state index in [0.29, 0.717) is 12.5 Å². The second-order valence-corrected chi connectivity index (χ2v) is 4.98. The molecule has 1 rings (SSSR count). The predicted molar refractivity (Wildman–Crippen MR) is 62.6 cm³/mol. The molecule has 0 aromatic carbocycles. The standard InChI is InChI=1S/C12H23N3/c1-4-9-15-11(5-7-13)10-14-8-6-12(15,2)3/h11,14H,4-6,8-10H2,1-3H3. The van der Waals surface area contributed by atoms with Gasteiger partial charge in [0, 0.05) is 18.1 Å². The molecule has 1 unspecified atom stereocenters. The van der Waals surface area contributed by atoms with Gasteiger partial charge in [-0.05, 0) is 39.8 Å². The molecule has 0 bridgehead atoms. The molecule has 1 N–H and O–H groups in total. The lowest BCUT2D eigenvalue weighted by Gasteiger charge is -2.41. The molecule has 1 aliphatic rings. The summed E-state index contributed by atoms with van der Waals surface area (Å²) in [6.45, 7) is 9.91. The molecular weight excluding hydrogens is 186 g/mol. The number of rotatable bonds is 3. The SMILES string of the molecule is CCCN1C(CC#N)CNCCC1(C)C. The topological polar surface area (TPSA) is 39.1 Å². The van der Waals surface area contributed by atoms with Gasteiger partial charge in [0.15, 0.2) is 0 Å². The molecule has 15 heavy (non-hydrogen) atoms. The van der Waals surface area contributed by atoms with Gasteiger partial charge in [0.05, 0.1) is 12.5 Å². The second kappa shape index (κ2) is 5.48. The van der Waals surface area contributed by atoms with Crippen LogP contribution in [0.15, 0.2) is 0 Å². The van der Waals surface area contributed by atoms with Crippen molar-refractivity contribution in [2.45, 2.75) is 51.6 Å². The lowest BCUT2D eigenvalue weighted by molar-refractivity contribution is 0.0796. The van der Waals surface area contributed by atoms with E-state index in [-0.39, 0.29) is 5.54 Å². The van der Waals surface area contributed by atoms with Crippen molar-refractivity contribution in [1.82, 2.24) is 10.2 Å². The molecule has 0 amide bonds. The smallest absolute Gasteiger partial charge is 0.0638 e. The van der Waals surface area contributed by atoms with Crippen molar-refractivity contribution in [1.29, 1.82) is 5.26 Å². The van der Waals surface area contributed by atoms with E-state index in [4.69, 9.17) is 5.26 Å². The van der Waals surface area contributed by atoms with Crippen LogP contribution >= 0.6 is 0 Å². The zero-order chi connectivity index (χ0) is 11.3. The van der Waals surface area contributed by atoms with Gasteiger partial charge in [0.1, 0.15) is 0 Å². The molecule has 1 fully saturated rings. The Morgan fingerprint density at radius 3 is 2.87 bits per heavy atom. The van der Waals surface area contributed by atoms with Crippen molar-refractivity contribution in [3.8, 4) is 6.07 Å². The molecule has 1 heterocycles. The number of nitriles is 1. The Hall–Kier alpha value is -0.590. The van der Waals surface area contributed by atoms with Gasteiger partial charge in [-0.1, -0.05) is 6.92 Å². The molecule has 1 atom stereocenters. The Kier molecular flexibility index (Phi) is 4.56. The molecule has 0 aliphatic carbocycles. The molecule has 3 nitrogen and oxygen atoms in total. The summed E-state index contributed by atoms with van der Waals surface area (Å²) in [7, 11) is 0. The van der Waals surface area contributed by atoms with E-state index in [1.54, 1.807) is 0 Å². The molecule has 0 aromatic rings. The summed E-state index contributed by atoms with van der Waals surface area (Å²) in [6, 6.07) is 2.69. The molecule has 0 aromatic heterocycles. The Bertz CT molecular complexity index is 230. The Labute approximate surface area is 93.5 Å². The quantitative estimate of drug-likeness (QED) is 0.769. The summed E-state index contributed by atoms with van der Waals surface area (Å²) in [4.78, 5) is 2.51. The molecular formula is C12H23N3. The molecule has 3 heteroatoms. The average molecular weight is 209 g/mol. The highest BCUT2D eigenvalue weighted by molar-refractivity contribution is 4.94. The molecule has 0 radical (unpaired) electrons. The van der Waals surface area contributed by atoms with Gasteiger partial charge in [-0.3, -0.25) is 4.90 Å². The van der Waals surface area contributed by atoms with Crippen LogP contribution in [0.4, 0.5) is 0 Å². The van der Waals surface area contributed by atoms with E-state index < -0.39 is 0 Å². The Morgan fingerprint density at radius 1 is 1.53 bits per heavy atom. The number of hydrogen-bond donors (Lipinski definition) is 1. The first-order valence-corrected chi connectivity index (χ1v) is 5.96. The van der Waals surface area contributed by atoms with Crippen LogP contribution in [-0.4, -0.2) is 36.1 Å². The van der Waals surface area contributed by atoms with E-state index >= 15 is 0 Å². The van der Waals surface area contributed by atoms with Crippen molar-refractivity contribution in [3.05, 3.63) is 0 Å². The van der Waals surface area contributed by atoms with Crippen LogP contribution in [0.1, 0.15) is 40.0 Å². The number of nitrogens with zero attached hydrogens (tertiary/aromatic N) is 2. The molecule has 0 spiro atoms. The maximum atomic E-state index is 8.86. The fourth-order valence-electron chi connectivity index (χ4n) is 2.42. The van der Waals surface area contributed by atoms with Crippen LogP contribution in [0.2, 0.25) is 0 Å². The van der Waals surface area contributed by atoms with Gasteiger partial charge in [-0.15, -0.1) is 0 Å². The normalized spacial score (nSPS) is 26.9. The lowest BCUT2D eigenvalue weighted by atomic mass is 9.96. The minimum Gasteiger partial charge on any atom is -0.315 e. The minimum absolute atomic E-state index is 0.223. The van der Waals surface area contributed by atoms with Gasteiger partial charge < -0.3 is 5.32 Å². The summed E-state index contributed by atoms with van der Waals surface area (Å²) in [5, 5.41) is 12.3. The average Bonchev–Trinajstić information content (AvgIpc) is 2.31. The lowest BCUT2D eigenvalue weighted by Crippen LogP contribution is -2.50.